The summed E-state index contributed by atoms with van der Waals surface area (Å²) < 4.78 is 0. The van der Waals surface area contributed by atoms with Crippen molar-refractivity contribution >= 4 is 5.91 Å². The lowest BCUT2D eigenvalue weighted by Gasteiger charge is -2.19. The van der Waals surface area contributed by atoms with E-state index in [1.807, 2.05) is 50.3 Å². The van der Waals surface area contributed by atoms with Gasteiger partial charge in [0.25, 0.3) is 0 Å². The predicted octanol–water partition coefficient (Wildman–Crippen LogP) is 0.517. The number of nitrogens with two attached hydrogens (primary N) is 1. The number of nitrogens with zero attached hydrogens (tertiary/aromatic N) is 2. The minimum atomic E-state index is 0.100. The third-order valence-corrected chi connectivity index (χ3v) is 2.56. The van der Waals surface area contributed by atoms with Crippen LogP contribution in [-0.2, 0) is 11.3 Å². The highest BCUT2D eigenvalue weighted by atomic mass is 16.2. The highest BCUT2D eigenvalue weighted by molar-refractivity contribution is 5.77. The average molecular weight is 259 g/mol. The van der Waals surface area contributed by atoms with E-state index in [0.717, 1.165) is 11.1 Å². The molecule has 1 aromatic carbocycles. The van der Waals surface area contributed by atoms with Gasteiger partial charge in [-0.15, -0.1) is 0 Å². The fraction of sp³-hybridized carbons (Fsp3) is 0.400. The number of hydrogen-bond acceptors (Lipinski definition) is 3. The van der Waals surface area contributed by atoms with Crippen LogP contribution in [0.2, 0.25) is 0 Å². The zero-order valence-corrected chi connectivity index (χ0v) is 11.8. The highest BCUT2D eigenvalue weighted by Crippen LogP contribution is 2.07. The summed E-state index contributed by atoms with van der Waals surface area (Å²) in [5.74, 6) is 5.92. The molecule has 0 fully saturated rings. The van der Waals surface area contributed by atoms with Crippen LogP contribution in [0.25, 0.3) is 0 Å². The van der Waals surface area contributed by atoms with Gasteiger partial charge in [0.05, 0.1) is 13.1 Å². The first-order valence-corrected chi connectivity index (χ1v) is 6.19. The van der Waals surface area contributed by atoms with Crippen LogP contribution in [0.15, 0.2) is 24.3 Å². The number of carbonyl (C=O) groups excluding carboxylic acids is 1. The summed E-state index contributed by atoms with van der Waals surface area (Å²) in [6, 6.07) is 7.86. The van der Waals surface area contributed by atoms with Gasteiger partial charge >= 0.3 is 0 Å². The van der Waals surface area contributed by atoms with Crippen LogP contribution in [0.5, 0.6) is 0 Å². The van der Waals surface area contributed by atoms with Crippen molar-refractivity contribution < 1.29 is 4.79 Å². The van der Waals surface area contributed by atoms with Gasteiger partial charge in [-0.05, 0) is 31.8 Å². The van der Waals surface area contributed by atoms with Gasteiger partial charge in [0.15, 0.2) is 0 Å². The Morgan fingerprint density at radius 1 is 1.32 bits per heavy atom. The lowest BCUT2D eigenvalue weighted by molar-refractivity contribution is -0.131. The van der Waals surface area contributed by atoms with Gasteiger partial charge in [0.1, 0.15) is 0 Å². The molecule has 4 heteroatoms. The molecule has 0 radical (unpaired) electrons. The fourth-order valence-corrected chi connectivity index (χ4v) is 1.65. The third kappa shape index (κ3) is 5.56. The molecule has 4 nitrogen and oxygen atoms in total. The molecule has 0 aromatic heterocycles. The SMILES string of the molecule is CN(C)CC(=O)N(C)Cc1cccc(C#CCN)c1. The number of benzene rings is 1. The molecule has 0 bridgehead atoms. The third-order valence-electron chi connectivity index (χ3n) is 2.56. The topological polar surface area (TPSA) is 49.6 Å². The molecule has 0 spiro atoms. The van der Waals surface area contributed by atoms with Crippen molar-refractivity contribution in [3.63, 3.8) is 0 Å². The zero-order chi connectivity index (χ0) is 14.3. The van der Waals surface area contributed by atoms with Crippen molar-refractivity contribution in [2.75, 3.05) is 34.2 Å². The number of likely N-dealkylation sites (N-methyl/N-ethyl adjacent to an activating group) is 2. The normalized spacial score (nSPS) is 9.95. The summed E-state index contributed by atoms with van der Waals surface area (Å²) in [5, 5.41) is 0. The molecule has 1 amide bonds. The second-order valence-corrected chi connectivity index (χ2v) is 4.69. The smallest absolute Gasteiger partial charge is 0.236 e. The second kappa shape index (κ2) is 7.57. The quantitative estimate of drug-likeness (QED) is 0.802. The van der Waals surface area contributed by atoms with E-state index in [9.17, 15) is 4.79 Å². The van der Waals surface area contributed by atoms with E-state index in [4.69, 9.17) is 5.73 Å². The summed E-state index contributed by atoms with van der Waals surface area (Å²) >= 11 is 0. The molecule has 0 aliphatic carbocycles. The lowest BCUT2D eigenvalue weighted by Crippen LogP contribution is -2.34. The molecule has 0 aliphatic rings. The van der Waals surface area contributed by atoms with E-state index in [0.29, 0.717) is 19.6 Å². The summed E-state index contributed by atoms with van der Waals surface area (Å²) in [6.45, 7) is 1.36. The van der Waals surface area contributed by atoms with Crippen LogP contribution in [0, 0.1) is 11.8 Å². The van der Waals surface area contributed by atoms with Crippen LogP contribution in [0.1, 0.15) is 11.1 Å². The van der Waals surface area contributed by atoms with Crippen molar-refractivity contribution in [1.29, 1.82) is 0 Å². The Labute approximate surface area is 115 Å². The Bertz CT molecular complexity index is 486. The Balaban J connectivity index is 2.68. The van der Waals surface area contributed by atoms with Gasteiger partial charge < -0.3 is 15.5 Å². The molecule has 0 heterocycles. The number of rotatable bonds is 4. The van der Waals surface area contributed by atoms with Crippen LogP contribution < -0.4 is 5.73 Å². The maximum absolute atomic E-state index is 11.9. The van der Waals surface area contributed by atoms with Gasteiger partial charge in [-0.1, -0.05) is 24.0 Å². The summed E-state index contributed by atoms with van der Waals surface area (Å²) in [6.07, 6.45) is 0. The van der Waals surface area contributed by atoms with Crippen molar-refractivity contribution in [3.05, 3.63) is 35.4 Å². The van der Waals surface area contributed by atoms with Crippen LogP contribution in [0.3, 0.4) is 0 Å². The first kappa shape index (κ1) is 15.2. The Morgan fingerprint density at radius 2 is 2.05 bits per heavy atom. The molecule has 0 aliphatic heterocycles. The van der Waals surface area contributed by atoms with Gasteiger partial charge in [0.2, 0.25) is 5.91 Å². The van der Waals surface area contributed by atoms with Crippen molar-refractivity contribution in [1.82, 2.24) is 9.80 Å². The Hall–Kier alpha value is -1.83. The van der Waals surface area contributed by atoms with Crippen LogP contribution in [0.4, 0.5) is 0 Å². The van der Waals surface area contributed by atoms with E-state index in [1.165, 1.54) is 0 Å². The summed E-state index contributed by atoms with van der Waals surface area (Å²) in [5.41, 5.74) is 7.35. The molecule has 19 heavy (non-hydrogen) atoms. The van der Waals surface area contributed by atoms with Crippen LogP contribution >= 0.6 is 0 Å². The number of amides is 1. The summed E-state index contributed by atoms with van der Waals surface area (Å²) in [7, 11) is 5.58. The maximum Gasteiger partial charge on any atom is 0.236 e. The first-order chi connectivity index (χ1) is 9.02. The molecule has 2 N–H and O–H groups in total. The van der Waals surface area contributed by atoms with Gasteiger partial charge in [-0.25, -0.2) is 0 Å². The minimum Gasteiger partial charge on any atom is -0.340 e. The average Bonchev–Trinajstić information content (AvgIpc) is 2.36. The molecule has 0 unspecified atom stereocenters. The first-order valence-electron chi connectivity index (χ1n) is 6.19. The number of hydrogen-bond donors (Lipinski definition) is 1. The standard InChI is InChI=1S/C15H21N3O/c1-17(2)12-15(19)18(3)11-14-7-4-6-13(10-14)8-5-9-16/h4,6-7,10H,9,11-12,16H2,1-3H3. The minimum absolute atomic E-state index is 0.100. The molecule has 102 valence electrons. The van der Waals surface area contributed by atoms with Crippen LogP contribution in [-0.4, -0.2) is 49.9 Å². The zero-order valence-electron chi connectivity index (χ0n) is 11.8. The van der Waals surface area contributed by atoms with Gasteiger partial charge in [0, 0.05) is 19.2 Å². The van der Waals surface area contributed by atoms with E-state index in [1.54, 1.807) is 4.90 Å². The lowest BCUT2D eigenvalue weighted by atomic mass is 10.1. The van der Waals surface area contributed by atoms with Crippen molar-refractivity contribution in [3.8, 4) is 11.8 Å². The molecule has 1 rings (SSSR count). The maximum atomic E-state index is 11.9. The molecule has 0 saturated carbocycles. The van der Waals surface area contributed by atoms with Gasteiger partial charge in [-0.3, -0.25) is 4.79 Å². The second-order valence-electron chi connectivity index (χ2n) is 4.69. The number of carbonyl (C=O) groups is 1. The van der Waals surface area contributed by atoms with E-state index in [-0.39, 0.29) is 5.91 Å². The Kier molecular flexibility index (Phi) is 6.07. The van der Waals surface area contributed by atoms with E-state index in [2.05, 4.69) is 11.8 Å². The van der Waals surface area contributed by atoms with E-state index < -0.39 is 0 Å². The summed E-state index contributed by atoms with van der Waals surface area (Å²) in [4.78, 5) is 15.4. The molecule has 0 saturated heterocycles. The monoisotopic (exact) mass is 259 g/mol. The highest BCUT2D eigenvalue weighted by Gasteiger charge is 2.09. The van der Waals surface area contributed by atoms with Crippen molar-refractivity contribution in [2.45, 2.75) is 6.54 Å². The fourth-order valence-electron chi connectivity index (χ4n) is 1.65. The molecule has 0 atom stereocenters. The molecule has 1 aromatic rings. The van der Waals surface area contributed by atoms with E-state index >= 15 is 0 Å². The molecular formula is C15H21N3O. The predicted molar refractivity (Wildman–Crippen MR) is 77.4 cm³/mol. The largest absolute Gasteiger partial charge is 0.340 e. The van der Waals surface area contributed by atoms with Gasteiger partial charge in [-0.2, -0.15) is 0 Å². The molecular weight excluding hydrogens is 238 g/mol. The Morgan fingerprint density at radius 3 is 2.68 bits per heavy atom. The van der Waals surface area contributed by atoms with Crippen molar-refractivity contribution in [2.24, 2.45) is 5.73 Å².